The number of piperazine rings is 1. The van der Waals surface area contributed by atoms with Gasteiger partial charge < -0.3 is 5.32 Å². The van der Waals surface area contributed by atoms with Gasteiger partial charge in [-0.3, -0.25) is 4.90 Å². The van der Waals surface area contributed by atoms with Crippen molar-refractivity contribution in [1.29, 1.82) is 0 Å². The van der Waals surface area contributed by atoms with Crippen molar-refractivity contribution in [2.75, 3.05) is 19.6 Å². The highest BCUT2D eigenvalue weighted by atomic mass is 19.4. The van der Waals surface area contributed by atoms with Gasteiger partial charge in [-0.05, 0) is 12.8 Å². The molecule has 0 spiro atoms. The minimum absolute atomic E-state index is 0.0556. The highest BCUT2D eigenvalue weighted by Gasteiger charge is 2.47. The molecule has 0 aromatic heterocycles. The molecule has 1 saturated heterocycles. The van der Waals surface area contributed by atoms with E-state index >= 15 is 0 Å². The third-order valence-corrected chi connectivity index (χ3v) is 3.21. The third kappa shape index (κ3) is 1.88. The van der Waals surface area contributed by atoms with Crippen LogP contribution in [0, 0.1) is 0 Å². The smallest absolute Gasteiger partial charge is 0.314 e. The fourth-order valence-electron chi connectivity index (χ4n) is 2.18. The van der Waals surface area contributed by atoms with E-state index in [9.17, 15) is 13.2 Å². The molecule has 0 aromatic rings. The highest BCUT2D eigenvalue weighted by molar-refractivity contribution is 4.92. The minimum Gasteiger partial charge on any atom is -0.314 e. The second kappa shape index (κ2) is 3.70. The van der Waals surface area contributed by atoms with Gasteiger partial charge in [0.2, 0.25) is 0 Å². The van der Waals surface area contributed by atoms with E-state index in [1.165, 1.54) is 0 Å². The summed E-state index contributed by atoms with van der Waals surface area (Å²) in [6.07, 6.45) is -1.12. The Labute approximate surface area is 81.5 Å². The second-order valence-corrected chi connectivity index (χ2v) is 4.08. The lowest BCUT2D eigenvalue weighted by molar-refractivity contribution is -0.197. The molecule has 2 rings (SSSR count). The molecular weight excluding hydrogens is 193 g/mol. The van der Waals surface area contributed by atoms with Crippen LogP contribution < -0.4 is 5.32 Å². The molecule has 1 aliphatic heterocycles. The van der Waals surface area contributed by atoms with Gasteiger partial charge in [-0.1, -0.05) is 6.42 Å². The molecular formula is C9H15F3N2. The normalized spacial score (nSPS) is 31.5. The van der Waals surface area contributed by atoms with Crippen molar-refractivity contribution in [1.82, 2.24) is 10.2 Å². The highest BCUT2D eigenvalue weighted by Crippen LogP contribution is 2.33. The average molecular weight is 208 g/mol. The van der Waals surface area contributed by atoms with Crippen LogP contribution >= 0.6 is 0 Å². The van der Waals surface area contributed by atoms with E-state index in [4.69, 9.17) is 0 Å². The lowest BCUT2D eigenvalue weighted by atomic mass is 9.89. The molecule has 2 fully saturated rings. The van der Waals surface area contributed by atoms with Crippen LogP contribution in [0.3, 0.4) is 0 Å². The van der Waals surface area contributed by atoms with Crippen LogP contribution in [-0.2, 0) is 0 Å². The lowest BCUT2D eigenvalue weighted by Crippen LogP contribution is -2.61. The Morgan fingerprint density at radius 3 is 2.43 bits per heavy atom. The van der Waals surface area contributed by atoms with Crippen molar-refractivity contribution in [3.05, 3.63) is 0 Å². The molecule has 0 bridgehead atoms. The van der Waals surface area contributed by atoms with Crippen molar-refractivity contribution in [2.45, 2.75) is 37.5 Å². The molecule has 82 valence electrons. The molecule has 1 atom stereocenters. The van der Waals surface area contributed by atoms with Gasteiger partial charge in [-0.15, -0.1) is 0 Å². The maximum atomic E-state index is 12.6. The molecule has 5 heteroatoms. The summed E-state index contributed by atoms with van der Waals surface area (Å²) in [7, 11) is 0. The maximum Gasteiger partial charge on any atom is 0.405 e. The fraction of sp³-hybridized carbons (Fsp3) is 1.00. The molecule has 14 heavy (non-hydrogen) atoms. The van der Waals surface area contributed by atoms with E-state index < -0.39 is 12.2 Å². The molecule has 2 nitrogen and oxygen atoms in total. The minimum atomic E-state index is -4.08. The Kier molecular flexibility index (Phi) is 2.70. The van der Waals surface area contributed by atoms with E-state index in [2.05, 4.69) is 5.32 Å². The van der Waals surface area contributed by atoms with Crippen LogP contribution in [0.5, 0.6) is 0 Å². The van der Waals surface area contributed by atoms with Gasteiger partial charge in [0.1, 0.15) is 6.04 Å². The summed E-state index contributed by atoms with van der Waals surface area (Å²) in [6.45, 7) is 1.28. The number of hydrogen-bond acceptors (Lipinski definition) is 2. The topological polar surface area (TPSA) is 15.3 Å². The zero-order valence-electron chi connectivity index (χ0n) is 7.98. The predicted octanol–water partition coefficient (Wildman–Crippen LogP) is 1.37. The van der Waals surface area contributed by atoms with Crippen LogP contribution in [0.15, 0.2) is 0 Å². The summed E-state index contributed by atoms with van der Waals surface area (Å²) < 4.78 is 37.9. The zero-order chi connectivity index (χ0) is 10.2. The lowest BCUT2D eigenvalue weighted by Gasteiger charge is -2.45. The number of nitrogens with zero attached hydrogens (tertiary/aromatic N) is 1. The van der Waals surface area contributed by atoms with Gasteiger partial charge in [0.25, 0.3) is 0 Å². The van der Waals surface area contributed by atoms with Crippen LogP contribution in [0.2, 0.25) is 0 Å². The standard InChI is InChI=1S/C9H15F3N2/c10-9(11,12)8-6-13-4-5-14(8)7-2-1-3-7/h7-8,13H,1-6H2. The van der Waals surface area contributed by atoms with E-state index in [-0.39, 0.29) is 12.6 Å². The Morgan fingerprint density at radius 1 is 1.21 bits per heavy atom. The Bertz CT molecular complexity index is 201. The number of hydrogen-bond donors (Lipinski definition) is 1. The Hall–Kier alpha value is -0.290. The molecule has 1 N–H and O–H groups in total. The number of alkyl halides is 3. The number of rotatable bonds is 1. The molecule has 1 aliphatic carbocycles. The summed E-state index contributed by atoms with van der Waals surface area (Å²) >= 11 is 0. The van der Waals surface area contributed by atoms with Crippen molar-refractivity contribution in [3.63, 3.8) is 0 Å². The summed E-state index contributed by atoms with van der Waals surface area (Å²) in [5.41, 5.74) is 0. The van der Waals surface area contributed by atoms with Crippen molar-refractivity contribution < 1.29 is 13.2 Å². The van der Waals surface area contributed by atoms with Gasteiger partial charge in [-0.25, -0.2) is 0 Å². The Balaban J connectivity index is 2.03. The molecule has 0 aromatic carbocycles. The van der Waals surface area contributed by atoms with Gasteiger partial charge in [0, 0.05) is 25.7 Å². The van der Waals surface area contributed by atoms with Crippen LogP contribution in [0.25, 0.3) is 0 Å². The number of nitrogens with one attached hydrogen (secondary N) is 1. The quantitative estimate of drug-likeness (QED) is 0.700. The summed E-state index contributed by atoms with van der Waals surface area (Å²) in [5, 5.41) is 2.81. The second-order valence-electron chi connectivity index (χ2n) is 4.08. The first-order valence-electron chi connectivity index (χ1n) is 5.12. The van der Waals surface area contributed by atoms with E-state index in [0.29, 0.717) is 13.1 Å². The van der Waals surface area contributed by atoms with Crippen LogP contribution in [0.1, 0.15) is 19.3 Å². The first-order valence-corrected chi connectivity index (χ1v) is 5.12. The van der Waals surface area contributed by atoms with Crippen molar-refractivity contribution >= 4 is 0 Å². The predicted molar refractivity (Wildman–Crippen MR) is 47.1 cm³/mol. The summed E-state index contributed by atoms with van der Waals surface area (Å²) in [4.78, 5) is 1.64. The molecule has 0 amide bonds. The fourth-order valence-corrected chi connectivity index (χ4v) is 2.18. The van der Waals surface area contributed by atoms with Crippen LogP contribution in [0.4, 0.5) is 13.2 Å². The van der Waals surface area contributed by atoms with E-state index in [0.717, 1.165) is 19.3 Å². The van der Waals surface area contributed by atoms with Gasteiger partial charge >= 0.3 is 6.18 Å². The largest absolute Gasteiger partial charge is 0.405 e. The molecule has 0 radical (unpaired) electrons. The molecule has 2 aliphatic rings. The first-order chi connectivity index (χ1) is 6.59. The van der Waals surface area contributed by atoms with Gasteiger partial charge in [0.05, 0.1) is 0 Å². The zero-order valence-corrected chi connectivity index (χ0v) is 7.98. The maximum absolute atomic E-state index is 12.6. The SMILES string of the molecule is FC(F)(F)C1CNCCN1C1CCC1. The van der Waals surface area contributed by atoms with Crippen LogP contribution in [-0.4, -0.2) is 42.8 Å². The average Bonchev–Trinajstić information content (AvgIpc) is 2.00. The molecule has 1 heterocycles. The van der Waals surface area contributed by atoms with Crippen molar-refractivity contribution in [2.24, 2.45) is 0 Å². The molecule has 1 unspecified atom stereocenters. The van der Waals surface area contributed by atoms with Gasteiger partial charge in [0.15, 0.2) is 0 Å². The van der Waals surface area contributed by atoms with E-state index in [1.807, 2.05) is 0 Å². The summed E-state index contributed by atoms with van der Waals surface area (Å²) in [6, 6.07) is -1.08. The van der Waals surface area contributed by atoms with Crippen molar-refractivity contribution in [3.8, 4) is 0 Å². The molecule has 1 saturated carbocycles. The first kappa shape index (κ1) is 10.2. The van der Waals surface area contributed by atoms with Gasteiger partial charge in [-0.2, -0.15) is 13.2 Å². The third-order valence-electron chi connectivity index (χ3n) is 3.21. The van der Waals surface area contributed by atoms with E-state index in [1.54, 1.807) is 4.90 Å². The number of halogens is 3. The summed E-state index contributed by atoms with van der Waals surface area (Å²) in [5.74, 6) is 0. The monoisotopic (exact) mass is 208 g/mol. The Morgan fingerprint density at radius 2 is 1.93 bits per heavy atom.